The first-order valence-electron chi connectivity index (χ1n) is 12.6. The van der Waals surface area contributed by atoms with E-state index in [0.717, 1.165) is 46.2 Å². The maximum absolute atomic E-state index is 13.7. The van der Waals surface area contributed by atoms with Crippen molar-refractivity contribution in [1.82, 2.24) is 5.32 Å². The normalized spacial score (nSPS) is 13.9. The second-order valence-corrected chi connectivity index (χ2v) is 10.4. The maximum atomic E-state index is 13.7. The summed E-state index contributed by atoms with van der Waals surface area (Å²) >= 11 is 1.43. The first-order chi connectivity index (χ1) is 18.0. The van der Waals surface area contributed by atoms with Crippen LogP contribution in [0.15, 0.2) is 66.7 Å². The van der Waals surface area contributed by atoms with Crippen molar-refractivity contribution in [3.8, 4) is 27.7 Å². The van der Waals surface area contributed by atoms with Gasteiger partial charge in [-0.15, -0.1) is 11.3 Å². The number of aromatic hydroxyl groups is 2. The molecule has 6 nitrogen and oxygen atoms in total. The fourth-order valence-corrected chi connectivity index (χ4v) is 6.06. The second-order valence-electron chi connectivity index (χ2n) is 9.36. The van der Waals surface area contributed by atoms with E-state index < -0.39 is 0 Å². The van der Waals surface area contributed by atoms with E-state index in [1.807, 2.05) is 0 Å². The predicted molar refractivity (Wildman–Crippen MR) is 146 cm³/mol. The topological polar surface area (TPSA) is 95.9 Å². The maximum Gasteiger partial charge on any atom is 0.223 e. The van der Waals surface area contributed by atoms with E-state index in [1.54, 1.807) is 66.7 Å². The van der Waals surface area contributed by atoms with Crippen LogP contribution >= 0.6 is 11.3 Å². The number of carbonyl (C=O) groups excluding carboxylic acids is 2. The number of ether oxygens (including phenoxy) is 1. The zero-order valence-corrected chi connectivity index (χ0v) is 21.2. The van der Waals surface area contributed by atoms with Gasteiger partial charge in [0.2, 0.25) is 5.91 Å². The Morgan fingerprint density at radius 3 is 2.32 bits per heavy atom. The van der Waals surface area contributed by atoms with Gasteiger partial charge in [-0.05, 0) is 85.1 Å². The van der Waals surface area contributed by atoms with Gasteiger partial charge in [0.1, 0.15) is 23.9 Å². The van der Waals surface area contributed by atoms with Crippen molar-refractivity contribution in [3.63, 3.8) is 0 Å². The summed E-state index contributed by atoms with van der Waals surface area (Å²) < 4.78 is 6.59. The van der Waals surface area contributed by atoms with Crippen LogP contribution in [-0.2, 0) is 4.79 Å². The number of fused-ring (bicyclic) bond motifs is 1. The van der Waals surface area contributed by atoms with Crippen molar-refractivity contribution in [2.75, 3.05) is 13.2 Å². The molecule has 7 heteroatoms. The molecule has 1 fully saturated rings. The number of phenols is 2. The molecule has 1 aromatic heterocycles. The number of carbonyl (C=O) groups is 2. The summed E-state index contributed by atoms with van der Waals surface area (Å²) in [5, 5.41) is 23.4. The molecule has 1 aliphatic carbocycles. The minimum Gasteiger partial charge on any atom is -0.508 e. The van der Waals surface area contributed by atoms with Crippen molar-refractivity contribution >= 4 is 33.1 Å². The average molecular weight is 516 g/mol. The monoisotopic (exact) mass is 515 g/mol. The highest BCUT2D eigenvalue weighted by Crippen LogP contribution is 2.41. The fourth-order valence-electron chi connectivity index (χ4n) is 4.83. The largest absolute Gasteiger partial charge is 0.508 e. The van der Waals surface area contributed by atoms with Gasteiger partial charge in [-0.1, -0.05) is 19.3 Å². The standard InChI is InChI=1S/C30H29NO5S/c32-22-10-6-20(7-11-22)29-27(25-15-12-23(33)18-26(25)37-29)28(34)19-8-13-24(14-9-19)36-17-16-31-30(35)21-4-2-1-3-5-21/h6-15,18,21,32-33H,1-5,16-17H2,(H,31,35). The van der Waals surface area contributed by atoms with Crippen LogP contribution in [0, 0.1) is 5.92 Å². The minimum atomic E-state index is -0.133. The van der Waals surface area contributed by atoms with E-state index in [0.29, 0.717) is 30.0 Å². The number of amides is 1. The van der Waals surface area contributed by atoms with Crippen molar-refractivity contribution in [3.05, 3.63) is 77.9 Å². The quantitative estimate of drug-likeness (QED) is 0.189. The van der Waals surface area contributed by atoms with Crippen LogP contribution in [0.25, 0.3) is 20.5 Å². The lowest BCUT2D eigenvalue weighted by Crippen LogP contribution is -2.34. The zero-order chi connectivity index (χ0) is 25.8. The van der Waals surface area contributed by atoms with E-state index in [2.05, 4.69) is 5.32 Å². The van der Waals surface area contributed by atoms with Crippen LogP contribution in [-0.4, -0.2) is 35.1 Å². The predicted octanol–water partition coefficient (Wildman–Crippen LogP) is 6.29. The highest BCUT2D eigenvalue weighted by atomic mass is 32.1. The molecule has 3 aromatic carbocycles. The van der Waals surface area contributed by atoms with Crippen LogP contribution < -0.4 is 10.1 Å². The summed E-state index contributed by atoms with van der Waals surface area (Å²) in [4.78, 5) is 26.7. The van der Waals surface area contributed by atoms with Crippen LogP contribution in [0.5, 0.6) is 17.2 Å². The first-order valence-corrected chi connectivity index (χ1v) is 13.4. The summed E-state index contributed by atoms with van der Waals surface area (Å²) in [5.74, 6) is 1.03. The molecule has 1 saturated carbocycles. The third-order valence-electron chi connectivity index (χ3n) is 6.79. The van der Waals surface area contributed by atoms with Gasteiger partial charge in [0.25, 0.3) is 0 Å². The Morgan fingerprint density at radius 1 is 0.892 bits per heavy atom. The number of hydrogen-bond acceptors (Lipinski definition) is 6. The molecule has 4 aromatic rings. The van der Waals surface area contributed by atoms with Crippen LogP contribution in [0.4, 0.5) is 0 Å². The lowest BCUT2D eigenvalue weighted by molar-refractivity contribution is -0.126. The summed E-state index contributed by atoms with van der Waals surface area (Å²) in [7, 11) is 0. The molecular formula is C30H29NO5S. The molecule has 1 heterocycles. The molecular weight excluding hydrogens is 486 g/mol. The lowest BCUT2D eigenvalue weighted by Gasteiger charge is -2.20. The van der Waals surface area contributed by atoms with Crippen LogP contribution in [0.1, 0.15) is 48.0 Å². The van der Waals surface area contributed by atoms with Crippen LogP contribution in [0.3, 0.4) is 0 Å². The van der Waals surface area contributed by atoms with Crippen molar-refractivity contribution in [1.29, 1.82) is 0 Å². The molecule has 37 heavy (non-hydrogen) atoms. The number of phenolic OH excluding ortho intramolecular Hbond substituents is 2. The molecule has 3 N–H and O–H groups in total. The van der Waals surface area contributed by atoms with Gasteiger partial charge < -0.3 is 20.3 Å². The Balaban J connectivity index is 1.29. The van der Waals surface area contributed by atoms with Gasteiger partial charge in [-0.25, -0.2) is 0 Å². The molecule has 0 atom stereocenters. The Kier molecular flexibility index (Phi) is 7.42. The Morgan fingerprint density at radius 2 is 1.59 bits per heavy atom. The van der Waals surface area contributed by atoms with Gasteiger partial charge >= 0.3 is 0 Å². The van der Waals surface area contributed by atoms with E-state index in [1.165, 1.54) is 17.8 Å². The third kappa shape index (κ3) is 5.62. The lowest BCUT2D eigenvalue weighted by atomic mass is 9.89. The number of rotatable bonds is 8. The van der Waals surface area contributed by atoms with Crippen molar-refractivity contribution < 1.29 is 24.5 Å². The number of ketones is 1. The minimum absolute atomic E-state index is 0.116. The smallest absolute Gasteiger partial charge is 0.223 e. The highest BCUT2D eigenvalue weighted by Gasteiger charge is 2.22. The summed E-state index contributed by atoms with van der Waals surface area (Å²) in [5.41, 5.74) is 1.90. The van der Waals surface area contributed by atoms with Crippen LogP contribution in [0.2, 0.25) is 0 Å². The van der Waals surface area contributed by atoms with E-state index in [9.17, 15) is 19.8 Å². The molecule has 190 valence electrons. The van der Waals surface area contributed by atoms with Gasteiger partial charge in [0, 0.05) is 32.0 Å². The average Bonchev–Trinajstić information content (AvgIpc) is 3.30. The summed E-state index contributed by atoms with van der Waals surface area (Å²) in [6.07, 6.45) is 5.41. The van der Waals surface area contributed by atoms with Gasteiger partial charge in [0.05, 0.1) is 6.54 Å². The third-order valence-corrected chi connectivity index (χ3v) is 7.99. The van der Waals surface area contributed by atoms with E-state index in [-0.39, 0.29) is 29.1 Å². The highest BCUT2D eigenvalue weighted by molar-refractivity contribution is 7.22. The molecule has 1 aliphatic rings. The summed E-state index contributed by atoms with van der Waals surface area (Å²) in [6.45, 7) is 0.801. The molecule has 1 amide bonds. The molecule has 5 rings (SSSR count). The number of nitrogens with one attached hydrogen (secondary N) is 1. The number of benzene rings is 3. The SMILES string of the molecule is O=C(c1ccc(OCCNC(=O)C2CCCCC2)cc1)c1c(-c2ccc(O)cc2)sc2cc(O)ccc12. The molecule has 0 spiro atoms. The molecule has 0 radical (unpaired) electrons. The number of hydrogen-bond donors (Lipinski definition) is 3. The first kappa shape index (κ1) is 24.8. The Hall–Kier alpha value is -3.84. The van der Waals surface area contributed by atoms with Gasteiger partial charge in [0.15, 0.2) is 5.78 Å². The van der Waals surface area contributed by atoms with Gasteiger partial charge in [-0.3, -0.25) is 9.59 Å². The zero-order valence-electron chi connectivity index (χ0n) is 20.4. The number of thiophene rings is 1. The summed E-state index contributed by atoms with van der Waals surface area (Å²) in [6, 6.07) is 18.7. The van der Waals surface area contributed by atoms with Gasteiger partial charge in [-0.2, -0.15) is 0 Å². The Labute approximate surface area is 219 Å². The van der Waals surface area contributed by atoms with Crippen molar-refractivity contribution in [2.24, 2.45) is 5.92 Å². The molecule has 0 aliphatic heterocycles. The van der Waals surface area contributed by atoms with Crippen molar-refractivity contribution in [2.45, 2.75) is 32.1 Å². The fraction of sp³-hybridized carbons (Fsp3) is 0.267. The molecule has 0 unspecified atom stereocenters. The van der Waals surface area contributed by atoms with E-state index in [4.69, 9.17) is 4.74 Å². The Bertz CT molecular complexity index is 1400. The van der Waals surface area contributed by atoms with E-state index >= 15 is 0 Å². The molecule has 0 bridgehead atoms. The second kappa shape index (κ2) is 11.0. The molecule has 0 saturated heterocycles.